The van der Waals surface area contributed by atoms with Gasteiger partial charge in [0.2, 0.25) is 11.8 Å². The summed E-state index contributed by atoms with van der Waals surface area (Å²) in [6.45, 7) is 4.75. The van der Waals surface area contributed by atoms with E-state index in [1.807, 2.05) is 72.8 Å². The molecule has 6 nitrogen and oxygen atoms in total. The number of carbonyl (C=O) groups is 2. The molecule has 1 unspecified atom stereocenters. The van der Waals surface area contributed by atoms with Crippen molar-refractivity contribution in [1.29, 1.82) is 0 Å². The Balaban J connectivity index is 1.33. The molecule has 33 heavy (non-hydrogen) atoms. The molecule has 3 aromatic rings. The lowest BCUT2D eigenvalue weighted by Gasteiger charge is -2.35. The van der Waals surface area contributed by atoms with Crippen LogP contribution in [0.15, 0.2) is 72.8 Å². The van der Waals surface area contributed by atoms with E-state index >= 15 is 0 Å². The van der Waals surface area contributed by atoms with Crippen LogP contribution in [0.3, 0.4) is 0 Å². The van der Waals surface area contributed by atoms with Gasteiger partial charge in [-0.2, -0.15) is 0 Å². The maximum atomic E-state index is 12.7. The predicted molar refractivity (Wildman–Crippen MR) is 132 cm³/mol. The summed E-state index contributed by atoms with van der Waals surface area (Å²) in [5.41, 5.74) is 2.04. The number of fused-ring (bicyclic) bond motifs is 1. The molecule has 2 N–H and O–H groups in total. The van der Waals surface area contributed by atoms with E-state index < -0.39 is 0 Å². The molecule has 0 bridgehead atoms. The number of piperazine rings is 1. The average Bonchev–Trinajstić information content (AvgIpc) is 2.84. The Morgan fingerprint density at radius 1 is 0.848 bits per heavy atom. The molecule has 1 fully saturated rings. The summed E-state index contributed by atoms with van der Waals surface area (Å²) < 4.78 is 0. The van der Waals surface area contributed by atoms with E-state index in [1.54, 1.807) is 0 Å². The maximum Gasteiger partial charge on any atom is 0.239 e. The number of benzene rings is 3. The van der Waals surface area contributed by atoms with Crippen molar-refractivity contribution in [2.24, 2.45) is 0 Å². The topological polar surface area (TPSA) is 64.7 Å². The van der Waals surface area contributed by atoms with E-state index in [4.69, 9.17) is 0 Å². The van der Waals surface area contributed by atoms with Gasteiger partial charge in [0, 0.05) is 32.7 Å². The molecular weight excluding hydrogens is 412 g/mol. The molecule has 0 aromatic heterocycles. The van der Waals surface area contributed by atoms with Crippen molar-refractivity contribution in [2.45, 2.75) is 12.5 Å². The molecule has 0 aliphatic carbocycles. The second-order valence-corrected chi connectivity index (χ2v) is 8.73. The monoisotopic (exact) mass is 444 g/mol. The minimum atomic E-state index is -0.177. The molecule has 6 heteroatoms. The molecule has 0 spiro atoms. The number of carbonyl (C=O) groups excluding carboxylic acids is 2. The standard InChI is InChI=1S/C27H32N4O2/c1-30-14-16-31(17-15-30)20-25(22-9-3-2-4-10-22)29-27(33)19-28-26(32)18-23-12-7-11-21-8-5-6-13-24(21)23/h2-13,25H,14-20H2,1H3,(H,28,32)(H,29,33). The quantitative estimate of drug-likeness (QED) is 0.561. The summed E-state index contributed by atoms with van der Waals surface area (Å²) in [6, 6.07) is 23.9. The highest BCUT2D eigenvalue weighted by Gasteiger charge is 2.21. The molecule has 4 rings (SSSR count). The molecule has 3 aromatic carbocycles. The van der Waals surface area contributed by atoms with Gasteiger partial charge in [0.15, 0.2) is 0 Å². The third-order valence-electron chi connectivity index (χ3n) is 6.25. The normalized spacial score (nSPS) is 15.8. The summed E-state index contributed by atoms with van der Waals surface area (Å²) in [4.78, 5) is 30.0. The maximum absolute atomic E-state index is 12.7. The highest BCUT2D eigenvalue weighted by Crippen LogP contribution is 2.19. The van der Waals surface area contributed by atoms with Crippen LogP contribution < -0.4 is 10.6 Å². The first kappa shape index (κ1) is 23.0. The Bertz CT molecular complexity index is 1070. The summed E-state index contributed by atoms with van der Waals surface area (Å²) >= 11 is 0. The largest absolute Gasteiger partial charge is 0.347 e. The lowest BCUT2D eigenvalue weighted by Crippen LogP contribution is -2.48. The van der Waals surface area contributed by atoms with E-state index in [0.717, 1.165) is 54.6 Å². The first-order chi connectivity index (χ1) is 16.1. The van der Waals surface area contributed by atoms with Crippen LogP contribution in [-0.2, 0) is 16.0 Å². The van der Waals surface area contributed by atoms with Crippen LogP contribution in [0.1, 0.15) is 17.2 Å². The summed E-state index contributed by atoms with van der Waals surface area (Å²) in [5.74, 6) is -0.332. The van der Waals surface area contributed by atoms with Crippen molar-refractivity contribution in [2.75, 3.05) is 46.3 Å². The van der Waals surface area contributed by atoms with Crippen LogP contribution in [0.4, 0.5) is 0 Å². The fourth-order valence-electron chi connectivity index (χ4n) is 4.31. The fraction of sp³-hybridized carbons (Fsp3) is 0.333. The van der Waals surface area contributed by atoms with Gasteiger partial charge in [0.1, 0.15) is 0 Å². The van der Waals surface area contributed by atoms with Gasteiger partial charge in [-0.15, -0.1) is 0 Å². The molecule has 1 aliphatic heterocycles. The Morgan fingerprint density at radius 2 is 1.55 bits per heavy atom. The van der Waals surface area contributed by atoms with Crippen LogP contribution in [0.2, 0.25) is 0 Å². The molecule has 1 heterocycles. The van der Waals surface area contributed by atoms with Gasteiger partial charge in [-0.05, 0) is 28.9 Å². The zero-order chi connectivity index (χ0) is 23.0. The third kappa shape index (κ3) is 6.40. The van der Waals surface area contributed by atoms with Gasteiger partial charge in [0.25, 0.3) is 0 Å². The van der Waals surface area contributed by atoms with E-state index in [0.29, 0.717) is 0 Å². The van der Waals surface area contributed by atoms with E-state index in [1.165, 1.54) is 0 Å². The van der Waals surface area contributed by atoms with E-state index in [9.17, 15) is 9.59 Å². The predicted octanol–water partition coefficient (Wildman–Crippen LogP) is 2.60. The number of likely N-dealkylation sites (N-methyl/N-ethyl adjacent to an activating group) is 1. The molecule has 1 saturated heterocycles. The Morgan fingerprint density at radius 3 is 2.33 bits per heavy atom. The highest BCUT2D eigenvalue weighted by atomic mass is 16.2. The third-order valence-corrected chi connectivity index (χ3v) is 6.25. The fourth-order valence-corrected chi connectivity index (χ4v) is 4.31. The SMILES string of the molecule is CN1CCN(CC(NC(=O)CNC(=O)Cc2cccc3ccccc23)c2ccccc2)CC1. The number of amides is 2. The second-order valence-electron chi connectivity index (χ2n) is 8.73. The smallest absolute Gasteiger partial charge is 0.239 e. The molecule has 0 saturated carbocycles. The van der Waals surface area contributed by atoms with Crippen molar-refractivity contribution in [3.63, 3.8) is 0 Å². The van der Waals surface area contributed by atoms with Gasteiger partial charge >= 0.3 is 0 Å². The summed E-state index contributed by atoms with van der Waals surface area (Å²) in [7, 11) is 2.13. The van der Waals surface area contributed by atoms with Gasteiger partial charge in [-0.25, -0.2) is 0 Å². The first-order valence-corrected chi connectivity index (χ1v) is 11.6. The minimum absolute atomic E-state index is 0.0321. The summed E-state index contributed by atoms with van der Waals surface area (Å²) in [5, 5.41) is 8.09. The van der Waals surface area contributed by atoms with Crippen molar-refractivity contribution >= 4 is 22.6 Å². The van der Waals surface area contributed by atoms with Crippen LogP contribution in [-0.4, -0.2) is 67.9 Å². The zero-order valence-corrected chi connectivity index (χ0v) is 19.2. The van der Waals surface area contributed by atoms with Crippen molar-refractivity contribution in [1.82, 2.24) is 20.4 Å². The van der Waals surface area contributed by atoms with Crippen LogP contribution in [0.25, 0.3) is 10.8 Å². The number of nitrogens with one attached hydrogen (secondary N) is 2. The van der Waals surface area contributed by atoms with Crippen LogP contribution >= 0.6 is 0 Å². The lowest BCUT2D eigenvalue weighted by atomic mass is 10.0. The lowest BCUT2D eigenvalue weighted by molar-refractivity contribution is -0.126. The molecule has 0 radical (unpaired) electrons. The molecule has 1 aliphatic rings. The second kappa shape index (κ2) is 11.1. The van der Waals surface area contributed by atoms with Crippen LogP contribution in [0, 0.1) is 0 Å². The summed E-state index contributed by atoms with van der Waals surface area (Å²) in [6.07, 6.45) is 0.248. The van der Waals surface area contributed by atoms with Gasteiger partial charge in [-0.1, -0.05) is 72.8 Å². The number of hydrogen-bond donors (Lipinski definition) is 2. The minimum Gasteiger partial charge on any atom is -0.347 e. The molecule has 2 amide bonds. The Labute approximate surface area is 195 Å². The molecule has 1 atom stereocenters. The Hall–Kier alpha value is -3.22. The average molecular weight is 445 g/mol. The number of hydrogen-bond acceptors (Lipinski definition) is 4. The number of nitrogens with zero attached hydrogens (tertiary/aromatic N) is 2. The van der Waals surface area contributed by atoms with E-state index in [2.05, 4.69) is 27.5 Å². The number of rotatable bonds is 8. The van der Waals surface area contributed by atoms with Crippen molar-refractivity contribution in [3.8, 4) is 0 Å². The van der Waals surface area contributed by atoms with Crippen molar-refractivity contribution < 1.29 is 9.59 Å². The zero-order valence-electron chi connectivity index (χ0n) is 19.2. The van der Waals surface area contributed by atoms with Gasteiger partial charge in [-0.3, -0.25) is 14.5 Å². The van der Waals surface area contributed by atoms with Gasteiger partial charge < -0.3 is 15.5 Å². The van der Waals surface area contributed by atoms with Crippen LogP contribution in [0.5, 0.6) is 0 Å². The van der Waals surface area contributed by atoms with Crippen molar-refractivity contribution in [3.05, 3.63) is 83.9 Å². The van der Waals surface area contributed by atoms with Gasteiger partial charge in [0.05, 0.1) is 19.0 Å². The molecular formula is C27H32N4O2. The van der Waals surface area contributed by atoms with E-state index in [-0.39, 0.29) is 30.8 Å². The Kier molecular flexibility index (Phi) is 7.70. The highest BCUT2D eigenvalue weighted by molar-refractivity contribution is 5.91. The molecule has 172 valence electrons. The first-order valence-electron chi connectivity index (χ1n) is 11.6.